The summed E-state index contributed by atoms with van der Waals surface area (Å²) in [5.41, 5.74) is 6.75. The zero-order valence-electron chi connectivity index (χ0n) is 9.20. The number of hydrogen-bond acceptors (Lipinski definition) is 6. The molecule has 0 aliphatic heterocycles. The highest BCUT2D eigenvalue weighted by Crippen LogP contribution is 2.36. The molecule has 3 N–H and O–H groups in total. The van der Waals surface area contributed by atoms with Crippen molar-refractivity contribution in [2.24, 2.45) is 0 Å². The minimum absolute atomic E-state index is 0.0102. The summed E-state index contributed by atoms with van der Waals surface area (Å²) in [6, 6.07) is 6.73. The summed E-state index contributed by atoms with van der Waals surface area (Å²) in [6.45, 7) is 0. The van der Waals surface area contributed by atoms with E-state index in [-0.39, 0.29) is 11.4 Å². The molecular weight excluding hydrogens is 250 g/mol. The topological polar surface area (TPSA) is 81.3 Å². The van der Waals surface area contributed by atoms with Gasteiger partial charge in [0.25, 0.3) is 0 Å². The van der Waals surface area contributed by atoms with Crippen molar-refractivity contribution in [2.75, 3.05) is 5.73 Å². The molecular formula is C12H9N3O2S. The molecule has 0 fully saturated rings. The molecule has 2 heterocycles. The van der Waals surface area contributed by atoms with Crippen LogP contribution in [0.3, 0.4) is 0 Å². The van der Waals surface area contributed by atoms with Crippen molar-refractivity contribution in [3.63, 3.8) is 0 Å². The van der Waals surface area contributed by atoms with Crippen LogP contribution in [0.2, 0.25) is 0 Å². The lowest BCUT2D eigenvalue weighted by molar-refractivity contribution is 0.453. The van der Waals surface area contributed by atoms with Crippen LogP contribution >= 0.6 is 11.3 Å². The van der Waals surface area contributed by atoms with E-state index in [0.717, 1.165) is 10.2 Å². The van der Waals surface area contributed by atoms with Gasteiger partial charge >= 0.3 is 0 Å². The van der Waals surface area contributed by atoms with E-state index < -0.39 is 0 Å². The van der Waals surface area contributed by atoms with Crippen LogP contribution in [-0.2, 0) is 0 Å². The monoisotopic (exact) mass is 259 g/mol. The maximum atomic E-state index is 9.52. The average molecular weight is 259 g/mol. The van der Waals surface area contributed by atoms with Gasteiger partial charge in [-0.05, 0) is 23.6 Å². The second-order valence-electron chi connectivity index (χ2n) is 3.60. The van der Waals surface area contributed by atoms with Crippen LogP contribution < -0.4 is 10.5 Å². The van der Waals surface area contributed by atoms with Gasteiger partial charge < -0.3 is 15.6 Å². The van der Waals surface area contributed by atoms with Gasteiger partial charge in [-0.3, -0.25) is 0 Å². The van der Waals surface area contributed by atoms with Crippen LogP contribution in [0.25, 0.3) is 10.2 Å². The van der Waals surface area contributed by atoms with Gasteiger partial charge in [0, 0.05) is 0 Å². The van der Waals surface area contributed by atoms with E-state index in [1.165, 1.54) is 23.7 Å². The van der Waals surface area contributed by atoms with Gasteiger partial charge in [0.2, 0.25) is 5.88 Å². The van der Waals surface area contributed by atoms with Crippen LogP contribution in [0.1, 0.15) is 0 Å². The van der Waals surface area contributed by atoms with Gasteiger partial charge in [-0.2, -0.15) is 0 Å². The number of thiophene rings is 1. The highest BCUT2D eigenvalue weighted by Gasteiger charge is 2.10. The molecule has 0 atom stereocenters. The van der Waals surface area contributed by atoms with Gasteiger partial charge in [0.05, 0.1) is 5.52 Å². The lowest BCUT2D eigenvalue weighted by Crippen LogP contribution is -1.94. The fraction of sp³-hybridized carbons (Fsp3) is 0. The van der Waals surface area contributed by atoms with E-state index in [0.29, 0.717) is 11.6 Å². The summed E-state index contributed by atoms with van der Waals surface area (Å²) in [4.78, 5) is 8.21. The highest BCUT2D eigenvalue weighted by molar-refractivity contribution is 7.17. The number of aromatic nitrogens is 2. The lowest BCUT2D eigenvalue weighted by atomic mass is 10.3. The number of phenolic OH excluding ortho intramolecular Hbond substituents is 1. The third-order valence-electron chi connectivity index (χ3n) is 2.46. The molecule has 90 valence electrons. The summed E-state index contributed by atoms with van der Waals surface area (Å²) in [5, 5.41) is 11.4. The molecule has 0 radical (unpaired) electrons. The number of fused-ring (bicyclic) bond motifs is 1. The van der Waals surface area contributed by atoms with E-state index in [1.54, 1.807) is 12.1 Å². The minimum Gasteiger partial charge on any atom is -0.506 e. The maximum Gasteiger partial charge on any atom is 0.240 e. The van der Waals surface area contributed by atoms with Crippen molar-refractivity contribution in [3.05, 3.63) is 36.0 Å². The average Bonchev–Trinajstić information content (AvgIpc) is 2.84. The third-order valence-corrected chi connectivity index (χ3v) is 3.35. The van der Waals surface area contributed by atoms with E-state index in [1.807, 2.05) is 11.4 Å². The first-order chi connectivity index (χ1) is 8.75. The van der Waals surface area contributed by atoms with Gasteiger partial charge in [-0.25, -0.2) is 9.97 Å². The molecule has 0 unspecified atom stereocenters. The number of hydrogen-bond donors (Lipinski definition) is 2. The standard InChI is InChI=1S/C12H9N3O2S/c13-10-8(16)2-1-3-9(10)17-12-11-7(4-5-18-11)14-6-15-12/h1-6,16H,13H2. The van der Waals surface area contributed by atoms with Crippen LogP contribution in [0, 0.1) is 0 Å². The van der Waals surface area contributed by atoms with Crippen molar-refractivity contribution in [3.8, 4) is 17.4 Å². The Bertz CT molecular complexity index is 711. The van der Waals surface area contributed by atoms with Crippen molar-refractivity contribution < 1.29 is 9.84 Å². The Morgan fingerprint density at radius 3 is 3.00 bits per heavy atom. The fourth-order valence-corrected chi connectivity index (χ4v) is 2.33. The van der Waals surface area contributed by atoms with Crippen LogP contribution in [0.4, 0.5) is 5.69 Å². The number of nitrogens with two attached hydrogens (primary N) is 1. The quantitative estimate of drug-likeness (QED) is 0.546. The van der Waals surface area contributed by atoms with E-state index in [2.05, 4.69) is 9.97 Å². The van der Waals surface area contributed by atoms with Gasteiger partial charge in [0.1, 0.15) is 22.5 Å². The van der Waals surface area contributed by atoms with Crippen molar-refractivity contribution in [2.45, 2.75) is 0 Å². The van der Waals surface area contributed by atoms with Crippen molar-refractivity contribution in [1.29, 1.82) is 0 Å². The predicted octanol–water partition coefficient (Wildman–Crippen LogP) is 2.77. The minimum atomic E-state index is -0.0102. The van der Waals surface area contributed by atoms with Crippen LogP contribution in [-0.4, -0.2) is 15.1 Å². The summed E-state index contributed by atoms with van der Waals surface area (Å²) < 4.78 is 6.48. The number of ether oxygens (including phenoxy) is 1. The summed E-state index contributed by atoms with van der Waals surface area (Å²) in [6.07, 6.45) is 1.43. The number of para-hydroxylation sites is 1. The molecule has 0 amide bonds. The van der Waals surface area contributed by atoms with Gasteiger partial charge in [-0.1, -0.05) is 6.07 Å². The van der Waals surface area contributed by atoms with E-state index >= 15 is 0 Å². The number of aromatic hydroxyl groups is 1. The SMILES string of the molecule is Nc1c(O)cccc1Oc1ncnc2ccsc12. The smallest absolute Gasteiger partial charge is 0.240 e. The number of anilines is 1. The lowest BCUT2D eigenvalue weighted by Gasteiger charge is -2.08. The zero-order chi connectivity index (χ0) is 12.5. The number of nitrogen functional groups attached to an aromatic ring is 1. The first-order valence-corrected chi connectivity index (χ1v) is 6.07. The molecule has 6 heteroatoms. The molecule has 18 heavy (non-hydrogen) atoms. The molecule has 5 nitrogen and oxygen atoms in total. The normalized spacial score (nSPS) is 10.7. The van der Waals surface area contributed by atoms with Crippen LogP contribution in [0.15, 0.2) is 36.0 Å². The molecule has 0 bridgehead atoms. The number of nitrogens with zero attached hydrogens (tertiary/aromatic N) is 2. The molecule has 3 rings (SSSR count). The second-order valence-corrected chi connectivity index (χ2v) is 4.52. The number of phenols is 1. The molecule has 0 saturated carbocycles. The zero-order valence-corrected chi connectivity index (χ0v) is 10.0. The first-order valence-electron chi connectivity index (χ1n) is 5.19. The Kier molecular flexibility index (Phi) is 2.49. The summed E-state index contributed by atoms with van der Waals surface area (Å²) in [7, 11) is 0. The molecule has 0 aliphatic carbocycles. The van der Waals surface area contributed by atoms with E-state index in [9.17, 15) is 5.11 Å². The molecule has 0 aliphatic rings. The Balaban J connectivity index is 2.06. The van der Waals surface area contributed by atoms with Gasteiger partial charge in [0.15, 0.2) is 5.75 Å². The van der Waals surface area contributed by atoms with E-state index in [4.69, 9.17) is 10.5 Å². The van der Waals surface area contributed by atoms with Crippen molar-refractivity contribution in [1.82, 2.24) is 9.97 Å². The third kappa shape index (κ3) is 1.72. The fourth-order valence-electron chi connectivity index (χ4n) is 1.56. The largest absolute Gasteiger partial charge is 0.506 e. The summed E-state index contributed by atoms with van der Waals surface area (Å²) >= 11 is 1.49. The number of rotatable bonds is 2. The number of benzene rings is 1. The molecule has 1 aromatic carbocycles. The Morgan fingerprint density at radius 1 is 1.22 bits per heavy atom. The Hall–Kier alpha value is -2.34. The van der Waals surface area contributed by atoms with Crippen molar-refractivity contribution >= 4 is 27.2 Å². The highest BCUT2D eigenvalue weighted by atomic mass is 32.1. The van der Waals surface area contributed by atoms with Gasteiger partial charge in [-0.15, -0.1) is 11.3 Å². The summed E-state index contributed by atoms with van der Waals surface area (Å²) in [5.74, 6) is 0.805. The van der Waals surface area contributed by atoms with Crippen LogP contribution in [0.5, 0.6) is 17.4 Å². The molecule has 0 spiro atoms. The predicted molar refractivity (Wildman–Crippen MR) is 70.0 cm³/mol. The molecule has 2 aromatic heterocycles. The Labute approximate surface area is 106 Å². The first kappa shape index (κ1) is 10.8. The maximum absolute atomic E-state index is 9.52. The Morgan fingerprint density at radius 2 is 2.11 bits per heavy atom. The molecule has 0 saturated heterocycles. The second kappa shape index (κ2) is 4.15. The molecule has 3 aromatic rings.